The molecule has 9 nitrogen and oxygen atoms in total. The average molecular weight is 720 g/mol. The predicted octanol–water partition coefficient (Wildman–Crippen LogP) is 5.37. The molecule has 4 aromatic heterocycles. The first-order valence-electron chi connectivity index (χ1n) is 13.3. The van der Waals surface area contributed by atoms with Gasteiger partial charge in [-0.2, -0.15) is 0 Å². The van der Waals surface area contributed by atoms with Crippen molar-refractivity contribution in [1.82, 2.24) is 19.9 Å². The Morgan fingerprint density at radius 2 is 1.13 bits per heavy atom. The van der Waals surface area contributed by atoms with Crippen molar-refractivity contribution >= 4 is 80.1 Å². The van der Waals surface area contributed by atoms with Crippen LogP contribution in [0.3, 0.4) is 0 Å². The first-order valence-corrected chi connectivity index (χ1v) is 14.8. The zero-order chi connectivity index (χ0) is 32.1. The average Bonchev–Trinajstić information content (AvgIpc) is 3.01. The number of pyridine rings is 4. The van der Waals surface area contributed by atoms with Crippen LogP contribution >= 0.6 is 46.4 Å². The van der Waals surface area contributed by atoms with E-state index in [0.717, 1.165) is 27.6 Å². The second kappa shape index (κ2) is 17.1. The number of carbonyl (C=O) groups excluding carboxylic acids is 1. The van der Waals surface area contributed by atoms with Gasteiger partial charge in [-0.1, -0.05) is 46.4 Å². The summed E-state index contributed by atoms with van der Waals surface area (Å²) in [5.74, 6) is -1.36. The van der Waals surface area contributed by atoms with Crippen molar-refractivity contribution in [3.8, 4) is 0 Å². The largest absolute Gasteiger partial charge is 1.00 e. The number of esters is 1. The van der Waals surface area contributed by atoms with E-state index in [1.54, 1.807) is 48.9 Å². The molecule has 47 heavy (non-hydrogen) atoms. The molecule has 0 saturated carbocycles. The summed E-state index contributed by atoms with van der Waals surface area (Å²) < 4.78 is 4.72. The Balaban J connectivity index is 0.000000245. The summed E-state index contributed by atoms with van der Waals surface area (Å²) in [6, 6.07) is 17.5. The van der Waals surface area contributed by atoms with Gasteiger partial charge in [0, 0.05) is 59.8 Å². The molecule has 0 spiro atoms. The van der Waals surface area contributed by atoms with E-state index < -0.39 is 5.97 Å². The Labute approximate surface area is 311 Å². The maximum atomic E-state index is 11.6. The van der Waals surface area contributed by atoms with Crippen LogP contribution in [0.5, 0.6) is 0 Å². The van der Waals surface area contributed by atoms with Gasteiger partial charge in [-0.25, -0.2) is 9.59 Å². The molecule has 6 aromatic rings. The van der Waals surface area contributed by atoms with Crippen LogP contribution in [0.1, 0.15) is 43.2 Å². The summed E-state index contributed by atoms with van der Waals surface area (Å²) >= 11 is 24.5. The van der Waals surface area contributed by atoms with Crippen LogP contribution in [0, 0.1) is 0 Å². The minimum Gasteiger partial charge on any atom is -0.870 e. The van der Waals surface area contributed by atoms with Gasteiger partial charge in [0.2, 0.25) is 0 Å². The molecule has 0 amide bonds. The summed E-state index contributed by atoms with van der Waals surface area (Å²) in [6.45, 7) is 0. The fourth-order valence-electron chi connectivity index (χ4n) is 4.62. The van der Waals surface area contributed by atoms with Gasteiger partial charge in [0.05, 0.1) is 49.4 Å². The van der Waals surface area contributed by atoms with Gasteiger partial charge >= 0.3 is 41.5 Å². The first-order chi connectivity index (χ1) is 21.6. The van der Waals surface area contributed by atoms with E-state index in [0.29, 0.717) is 55.2 Å². The van der Waals surface area contributed by atoms with Crippen molar-refractivity contribution in [2.45, 2.75) is 12.8 Å². The van der Waals surface area contributed by atoms with Crippen molar-refractivity contribution in [3.63, 3.8) is 0 Å². The maximum Gasteiger partial charge on any atom is 1.00 e. The van der Waals surface area contributed by atoms with Crippen molar-refractivity contribution in [1.29, 1.82) is 0 Å². The molecule has 2 aromatic carbocycles. The molecule has 14 heteroatoms. The number of fused-ring (bicyclic) bond motifs is 2. The number of hydrogen-bond donors (Lipinski definition) is 1. The number of methoxy groups -OCH3 is 1. The van der Waals surface area contributed by atoms with E-state index in [1.165, 1.54) is 19.4 Å². The molecule has 2 N–H and O–H groups in total. The van der Waals surface area contributed by atoms with Crippen LogP contribution in [0.15, 0.2) is 85.5 Å². The maximum absolute atomic E-state index is 11.6. The van der Waals surface area contributed by atoms with E-state index in [9.17, 15) is 9.59 Å². The quantitative estimate of drug-likeness (QED) is 0.178. The minimum atomic E-state index is -0.976. The third kappa shape index (κ3) is 9.82. The number of benzene rings is 2. The summed E-state index contributed by atoms with van der Waals surface area (Å²) in [4.78, 5) is 39.5. The topological polar surface area (TPSA) is 145 Å². The molecule has 6 rings (SSSR count). The van der Waals surface area contributed by atoms with Gasteiger partial charge in [0.25, 0.3) is 0 Å². The summed E-state index contributed by atoms with van der Waals surface area (Å²) in [7, 11) is 1.35. The fraction of sp³-hybridized carbons (Fsp3) is 0.0909. The van der Waals surface area contributed by atoms with Crippen LogP contribution in [0.2, 0.25) is 20.1 Å². The predicted molar refractivity (Wildman–Crippen MR) is 178 cm³/mol. The van der Waals surface area contributed by atoms with Crippen LogP contribution in [-0.2, 0) is 17.6 Å². The Hall–Kier alpha value is -3.38. The summed E-state index contributed by atoms with van der Waals surface area (Å²) in [5.41, 5.74) is 5.34. The van der Waals surface area contributed by atoms with Crippen molar-refractivity contribution in [3.05, 3.63) is 139 Å². The van der Waals surface area contributed by atoms with Gasteiger partial charge in [0.1, 0.15) is 0 Å². The number of halogens is 4. The number of aromatic nitrogens is 4. The molecule has 0 fully saturated rings. The number of carbonyl (C=O) groups is 2. The second-order valence-electron chi connectivity index (χ2n) is 9.83. The van der Waals surface area contributed by atoms with Gasteiger partial charge in [0.15, 0.2) is 0 Å². The Morgan fingerprint density at radius 1 is 0.681 bits per heavy atom. The smallest absolute Gasteiger partial charge is 0.870 e. The number of nitrogens with zero attached hydrogens (tertiary/aromatic N) is 4. The molecular weight excluding hydrogens is 697 g/mol. The van der Waals surface area contributed by atoms with Crippen LogP contribution in [-0.4, -0.2) is 49.6 Å². The zero-order valence-corrected chi connectivity index (χ0v) is 29.9. The number of rotatable bonds is 6. The van der Waals surface area contributed by atoms with Crippen molar-refractivity contribution in [2.75, 3.05) is 7.11 Å². The van der Waals surface area contributed by atoms with Crippen LogP contribution in [0.4, 0.5) is 0 Å². The van der Waals surface area contributed by atoms with E-state index in [1.807, 2.05) is 24.3 Å². The normalized spacial score (nSPS) is 10.3. The number of carboxylic acid groups (broad SMARTS) is 1. The summed E-state index contributed by atoms with van der Waals surface area (Å²) in [5, 5.41) is 12.9. The number of ether oxygens (including phenoxy) is 1. The van der Waals surface area contributed by atoms with E-state index >= 15 is 0 Å². The molecule has 0 radical (unpaired) electrons. The second-order valence-corrected chi connectivity index (χ2v) is 11.5. The standard InChI is InChI=1S/C17H12Cl2N2O2.C16H10Cl2N2O2.Na.H2O/c1-23-17(22)11-2-3-20-14(8-11)5-10-4-12-7-13(18)9-21-16(12)15(19)6-10;17-12-6-11-3-9(5-14(18)15(11)20-8-12)4-13-7-10(16(21)22)1-2-19-13;;/h2-4,6-9H,5H2,1H3;1-3,5-8H,4H2,(H,21,22);;1H2/q;;+1;/p-1. The molecular formula is C33H23Cl4N4NaO5. The zero-order valence-electron chi connectivity index (χ0n) is 24.9. The van der Waals surface area contributed by atoms with Gasteiger partial charge in [-0.15, -0.1) is 0 Å². The Kier molecular flexibility index (Phi) is 13.9. The molecule has 0 bridgehead atoms. The third-order valence-corrected chi connectivity index (χ3v) is 7.59. The summed E-state index contributed by atoms with van der Waals surface area (Å²) in [6.07, 6.45) is 7.20. The van der Waals surface area contributed by atoms with Crippen molar-refractivity contribution in [2.24, 2.45) is 0 Å². The van der Waals surface area contributed by atoms with E-state index in [-0.39, 0.29) is 46.6 Å². The van der Waals surface area contributed by atoms with E-state index in [4.69, 9.17) is 56.2 Å². The number of carboxylic acids is 1. The SMILES string of the molecule is COC(=O)c1ccnc(Cc2cc(Cl)c3ncc(Cl)cc3c2)c1.O=C(O)c1ccnc(Cc2cc(Cl)c3ncc(Cl)cc3c2)c1.[Na+].[OH-]. The molecule has 0 aliphatic heterocycles. The molecule has 0 atom stereocenters. The number of hydrogen-bond acceptors (Lipinski definition) is 8. The minimum absolute atomic E-state index is 0. The first kappa shape index (κ1) is 38.1. The third-order valence-electron chi connectivity index (χ3n) is 6.60. The molecule has 0 aliphatic rings. The van der Waals surface area contributed by atoms with E-state index in [2.05, 4.69) is 19.9 Å². The monoisotopic (exact) mass is 718 g/mol. The van der Waals surface area contributed by atoms with Gasteiger partial charge in [-0.05, 0) is 71.8 Å². The molecule has 0 saturated heterocycles. The van der Waals surface area contributed by atoms with Gasteiger partial charge in [-0.3, -0.25) is 19.9 Å². The number of aromatic carboxylic acids is 1. The Bertz CT molecular complexity index is 2080. The Morgan fingerprint density at radius 3 is 1.57 bits per heavy atom. The molecule has 4 heterocycles. The van der Waals surface area contributed by atoms with Crippen LogP contribution in [0.25, 0.3) is 21.8 Å². The fourth-order valence-corrected chi connectivity index (χ4v) is 5.55. The molecule has 0 unspecified atom stereocenters. The molecule has 0 aliphatic carbocycles. The molecule has 234 valence electrons. The van der Waals surface area contributed by atoms with Crippen molar-refractivity contribution < 1.29 is 54.5 Å². The van der Waals surface area contributed by atoms with Crippen LogP contribution < -0.4 is 29.6 Å². The van der Waals surface area contributed by atoms with Gasteiger partial charge < -0.3 is 15.3 Å².